The van der Waals surface area contributed by atoms with Crippen LogP contribution in [0.25, 0.3) is 23.0 Å². The number of likely N-dealkylation sites (N-methyl/N-ethyl adjacent to an activating group) is 1. The molecule has 3 aromatic heterocycles. The molecule has 0 bridgehead atoms. The van der Waals surface area contributed by atoms with Crippen LogP contribution in [0, 0.1) is 0 Å². The van der Waals surface area contributed by atoms with Crippen molar-refractivity contribution in [1.82, 2.24) is 34.8 Å². The van der Waals surface area contributed by atoms with E-state index in [1.54, 1.807) is 35.2 Å². The standard InChI is InChI=1S/C19H18N8O2S/c1-25-4-6-26(7-5-25)18-21-9-12(10-22-18)14-11-20-16-3-2-13(24-27(14)16)8-15-17(28)23-19(29)30-15/h2-3,8-11H,4-7H2,1H3,(H,23,28,29). The number of piperazine rings is 1. The molecule has 152 valence electrons. The molecule has 5 heterocycles. The van der Waals surface area contributed by atoms with Gasteiger partial charge in [0.05, 0.1) is 22.5 Å². The number of anilines is 1. The summed E-state index contributed by atoms with van der Waals surface area (Å²) in [4.78, 5) is 41.4. The first-order chi connectivity index (χ1) is 14.6. The van der Waals surface area contributed by atoms with Gasteiger partial charge < -0.3 is 9.80 Å². The number of carbonyl (C=O) groups is 2. The fraction of sp³-hybridized carbons (Fsp3) is 0.263. The van der Waals surface area contributed by atoms with Crippen molar-refractivity contribution >= 4 is 40.6 Å². The van der Waals surface area contributed by atoms with Gasteiger partial charge in [-0.3, -0.25) is 14.9 Å². The Morgan fingerprint density at radius 2 is 1.80 bits per heavy atom. The molecule has 2 aliphatic rings. The molecule has 2 aliphatic heterocycles. The summed E-state index contributed by atoms with van der Waals surface area (Å²) in [6, 6.07) is 3.56. The second kappa shape index (κ2) is 7.50. The Labute approximate surface area is 176 Å². The summed E-state index contributed by atoms with van der Waals surface area (Å²) >= 11 is 0.861. The minimum absolute atomic E-state index is 0.313. The first kappa shape index (κ1) is 18.7. The lowest BCUT2D eigenvalue weighted by Gasteiger charge is -2.32. The topological polar surface area (TPSA) is 109 Å². The van der Waals surface area contributed by atoms with Crippen LogP contribution < -0.4 is 10.2 Å². The van der Waals surface area contributed by atoms with Gasteiger partial charge in [-0.25, -0.2) is 19.5 Å². The highest BCUT2D eigenvalue weighted by atomic mass is 32.2. The fourth-order valence-corrected chi connectivity index (χ4v) is 4.01. The minimum Gasteiger partial charge on any atom is -0.338 e. The lowest BCUT2D eigenvalue weighted by atomic mass is 10.2. The Morgan fingerprint density at radius 3 is 2.50 bits per heavy atom. The van der Waals surface area contributed by atoms with Crippen LogP contribution in [-0.2, 0) is 4.79 Å². The maximum atomic E-state index is 11.8. The van der Waals surface area contributed by atoms with Gasteiger partial charge in [-0.05, 0) is 37.0 Å². The molecule has 0 spiro atoms. The number of rotatable bonds is 3. The first-order valence-electron chi connectivity index (χ1n) is 9.42. The Balaban J connectivity index is 1.44. The van der Waals surface area contributed by atoms with E-state index in [1.807, 2.05) is 6.07 Å². The molecule has 2 amide bonds. The van der Waals surface area contributed by atoms with Crippen molar-refractivity contribution in [3.8, 4) is 11.3 Å². The van der Waals surface area contributed by atoms with E-state index in [0.717, 1.165) is 49.2 Å². The summed E-state index contributed by atoms with van der Waals surface area (Å²) in [5.41, 5.74) is 2.74. The predicted molar refractivity (Wildman–Crippen MR) is 113 cm³/mol. The number of nitrogens with one attached hydrogen (secondary N) is 1. The van der Waals surface area contributed by atoms with E-state index >= 15 is 0 Å². The zero-order chi connectivity index (χ0) is 20.7. The zero-order valence-corrected chi connectivity index (χ0v) is 17.0. The molecule has 0 atom stereocenters. The average Bonchev–Trinajstić information content (AvgIpc) is 3.31. The Morgan fingerprint density at radius 1 is 1.03 bits per heavy atom. The monoisotopic (exact) mass is 422 g/mol. The molecule has 0 unspecified atom stereocenters. The molecule has 30 heavy (non-hydrogen) atoms. The maximum absolute atomic E-state index is 11.8. The van der Waals surface area contributed by atoms with Gasteiger partial charge in [0, 0.05) is 44.1 Å². The molecule has 10 nitrogen and oxygen atoms in total. The normalized spacial score (nSPS) is 19.1. The summed E-state index contributed by atoms with van der Waals surface area (Å²) in [6.45, 7) is 3.78. The van der Waals surface area contributed by atoms with Gasteiger partial charge in [0.15, 0.2) is 5.65 Å². The second-order valence-corrected chi connectivity index (χ2v) is 8.10. The SMILES string of the molecule is CN1CCN(c2ncc(-c3cnc4ccc(C=C5SC(=O)NC5=O)nn34)cn2)CC1. The van der Waals surface area contributed by atoms with Crippen molar-refractivity contribution in [2.75, 3.05) is 38.1 Å². The van der Waals surface area contributed by atoms with Gasteiger partial charge in [-0.1, -0.05) is 0 Å². The van der Waals surface area contributed by atoms with Gasteiger partial charge in [-0.2, -0.15) is 5.10 Å². The predicted octanol–water partition coefficient (Wildman–Crippen LogP) is 1.26. The fourth-order valence-electron chi connectivity index (χ4n) is 3.34. The Kier molecular flexibility index (Phi) is 4.68. The molecular formula is C19H18N8O2S. The number of fused-ring (bicyclic) bond motifs is 1. The van der Waals surface area contributed by atoms with E-state index < -0.39 is 5.91 Å². The molecule has 0 saturated carbocycles. The molecule has 0 aliphatic carbocycles. The largest absolute Gasteiger partial charge is 0.338 e. The lowest BCUT2D eigenvalue weighted by Crippen LogP contribution is -2.45. The number of imidazole rings is 1. The van der Waals surface area contributed by atoms with Crippen LogP contribution >= 0.6 is 11.8 Å². The van der Waals surface area contributed by atoms with E-state index in [0.29, 0.717) is 22.2 Å². The van der Waals surface area contributed by atoms with E-state index in [9.17, 15) is 9.59 Å². The number of carbonyl (C=O) groups excluding carboxylic acids is 2. The number of hydrogen-bond acceptors (Lipinski definition) is 9. The van der Waals surface area contributed by atoms with Crippen molar-refractivity contribution in [2.24, 2.45) is 0 Å². The highest BCUT2D eigenvalue weighted by Crippen LogP contribution is 2.26. The number of thioether (sulfide) groups is 1. The third-order valence-corrected chi connectivity index (χ3v) is 5.83. The van der Waals surface area contributed by atoms with Crippen molar-refractivity contribution in [1.29, 1.82) is 0 Å². The molecule has 0 radical (unpaired) electrons. The average molecular weight is 422 g/mol. The van der Waals surface area contributed by atoms with Crippen LogP contribution in [-0.4, -0.2) is 73.8 Å². The van der Waals surface area contributed by atoms with Gasteiger partial charge in [0.25, 0.3) is 11.1 Å². The van der Waals surface area contributed by atoms with Crippen molar-refractivity contribution in [3.05, 3.63) is 41.3 Å². The van der Waals surface area contributed by atoms with Gasteiger partial charge >= 0.3 is 0 Å². The third-order valence-electron chi connectivity index (χ3n) is 5.02. The smallest absolute Gasteiger partial charge is 0.290 e. The molecule has 11 heteroatoms. The highest BCUT2D eigenvalue weighted by Gasteiger charge is 2.25. The van der Waals surface area contributed by atoms with E-state index in [1.165, 1.54) is 0 Å². The van der Waals surface area contributed by atoms with E-state index in [4.69, 9.17) is 0 Å². The van der Waals surface area contributed by atoms with Crippen LogP contribution in [0.4, 0.5) is 10.7 Å². The minimum atomic E-state index is -0.411. The summed E-state index contributed by atoms with van der Waals surface area (Å²) in [5, 5.41) is 6.41. The molecule has 0 aromatic carbocycles. The Hall–Kier alpha value is -3.31. The van der Waals surface area contributed by atoms with Crippen molar-refractivity contribution in [2.45, 2.75) is 0 Å². The maximum Gasteiger partial charge on any atom is 0.290 e. The Bertz CT molecular complexity index is 1160. The van der Waals surface area contributed by atoms with E-state index in [2.05, 4.69) is 42.2 Å². The summed E-state index contributed by atoms with van der Waals surface area (Å²) in [6.07, 6.45) is 6.85. The van der Waals surface area contributed by atoms with Gasteiger partial charge in [0.2, 0.25) is 5.95 Å². The molecule has 1 N–H and O–H groups in total. The third kappa shape index (κ3) is 3.53. The number of aromatic nitrogens is 5. The van der Waals surface area contributed by atoms with E-state index in [-0.39, 0.29) is 5.24 Å². The number of nitrogens with zero attached hydrogens (tertiary/aromatic N) is 7. The van der Waals surface area contributed by atoms with Crippen LogP contribution in [0.1, 0.15) is 5.69 Å². The molecular weight excluding hydrogens is 404 g/mol. The molecule has 2 saturated heterocycles. The highest BCUT2D eigenvalue weighted by molar-refractivity contribution is 8.18. The molecule has 5 rings (SSSR count). The van der Waals surface area contributed by atoms with Crippen molar-refractivity contribution < 1.29 is 9.59 Å². The summed E-state index contributed by atoms with van der Waals surface area (Å²) < 4.78 is 1.68. The summed E-state index contributed by atoms with van der Waals surface area (Å²) in [5.74, 6) is 0.304. The van der Waals surface area contributed by atoms with Gasteiger partial charge in [-0.15, -0.1) is 0 Å². The number of hydrogen-bond donors (Lipinski definition) is 1. The quantitative estimate of drug-likeness (QED) is 0.624. The van der Waals surface area contributed by atoms with Crippen molar-refractivity contribution in [3.63, 3.8) is 0 Å². The number of amides is 2. The van der Waals surface area contributed by atoms with Gasteiger partial charge in [0.1, 0.15) is 0 Å². The summed E-state index contributed by atoms with van der Waals surface area (Å²) in [7, 11) is 2.11. The van der Waals surface area contributed by atoms with Crippen LogP contribution in [0.3, 0.4) is 0 Å². The lowest BCUT2D eigenvalue weighted by molar-refractivity contribution is -0.115. The second-order valence-electron chi connectivity index (χ2n) is 7.09. The number of imide groups is 1. The molecule has 3 aromatic rings. The first-order valence-corrected chi connectivity index (χ1v) is 10.2. The van der Waals surface area contributed by atoms with Crippen LogP contribution in [0.5, 0.6) is 0 Å². The zero-order valence-electron chi connectivity index (χ0n) is 16.1. The molecule has 2 fully saturated rings. The van der Waals surface area contributed by atoms with Crippen LogP contribution in [0.15, 0.2) is 35.6 Å². The van der Waals surface area contributed by atoms with Crippen LogP contribution in [0.2, 0.25) is 0 Å².